The standard InChI is InChI=1S/C13H12BrF2NS/c1-8(9-2-4-11(15)12(16)6-9)17-7-10-3-5-13(14)18-10/h2-6,8,17H,7H2,1H3. The minimum absolute atomic E-state index is 0.0269. The lowest BCUT2D eigenvalue weighted by Gasteiger charge is -2.13. The highest BCUT2D eigenvalue weighted by Gasteiger charge is 2.09. The summed E-state index contributed by atoms with van der Waals surface area (Å²) in [4.78, 5) is 1.19. The molecule has 1 aromatic heterocycles. The van der Waals surface area contributed by atoms with E-state index in [1.54, 1.807) is 17.4 Å². The maximum absolute atomic E-state index is 13.1. The van der Waals surface area contributed by atoms with Crippen molar-refractivity contribution in [3.8, 4) is 0 Å². The minimum atomic E-state index is -0.812. The van der Waals surface area contributed by atoms with Crippen molar-refractivity contribution in [1.82, 2.24) is 5.32 Å². The molecule has 0 bridgehead atoms. The van der Waals surface area contributed by atoms with E-state index in [9.17, 15) is 8.78 Å². The van der Waals surface area contributed by atoms with Gasteiger partial charge in [-0.25, -0.2) is 8.78 Å². The third-order valence-electron chi connectivity index (χ3n) is 2.65. The highest BCUT2D eigenvalue weighted by atomic mass is 79.9. The van der Waals surface area contributed by atoms with Gasteiger partial charge in [0.1, 0.15) is 0 Å². The van der Waals surface area contributed by atoms with Gasteiger partial charge < -0.3 is 5.32 Å². The second-order valence-corrected chi connectivity index (χ2v) is 6.53. The van der Waals surface area contributed by atoms with E-state index in [1.165, 1.54) is 10.9 Å². The van der Waals surface area contributed by atoms with Crippen LogP contribution in [-0.2, 0) is 6.54 Å². The van der Waals surface area contributed by atoms with E-state index in [1.807, 2.05) is 19.1 Å². The predicted octanol–water partition coefficient (Wildman–Crippen LogP) is 4.64. The van der Waals surface area contributed by atoms with Crippen molar-refractivity contribution in [3.63, 3.8) is 0 Å². The lowest BCUT2D eigenvalue weighted by Crippen LogP contribution is -2.17. The molecule has 0 radical (unpaired) electrons. The average Bonchev–Trinajstić information content (AvgIpc) is 2.75. The van der Waals surface area contributed by atoms with E-state index >= 15 is 0 Å². The van der Waals surface area contributed by atoms with Crippen LogP contribution in [0.25, 0.3) is 0 Å². The molecule has 0 fully saturated rings. The zero-order chi connectivity index (χ0) is 13.1. The summed E-state index contributed by atoms with van der Waals surface area (Å²) < 4.78 is 27.0. The predicted molar refractivity (Wildman–Crippen MR) is 73.6 cm³/mol. The van der Waals surface area contributed by atoms with Gasteiger partial charge in [-0.15, -0.1) is 11.3 Å². The van der Waals surface area contributed by atoms with Gasteiger partial charge >= 0.3 is 0 Å². The number of halogens is 3. The zero-order valence-electron chi connectivity index (χ0n) is 9.71. The normalized spacial score (nSPS) is 12.7. The summed E-state index contributed by atoms with van der Waals surface area (Å²) in [6, 6.07) is 7.98. The molecule has 2 rings (SSSR count). The summed E-state index contributed by atoms with van der Waals surface area (Å²) in [6.45, 7) is 2.63. The summed E-state index contributed by atoms with van der Waals surface area (Å²) in [5.74, 6) is -1.62. The van der Waals surface area contributed by atoms with Gasteiger partial charge in [-0.1, -0.05) is 6.07 Å². The number of rotatable bonds is 4. The molecule has 0 saturated heterocycles. The van der Waals surface area contributed by atoms with Crippen LogP contribution in [0.15, 0.2) is 34.1 Å². The maximum atomic E-state index is 13.1. The van der Waals surface area contributed by atoms with Crippen LogP contribution in [0.4, 0.5) is 8.78 Å². The third-order valence-corrected chi connectivity index (χ3v) is 4.28. The fraction of sp³-hybridized carbons (Fsp3) is 0.231. The van der Waals surface area contributed by atoms with Crippen molar-refractivity contribution in [2.45, 2.75) is 19.5 Å². The second-order valence-electron chi connectivity index (χ2n) is 3.98. The number of thiophene rings is 1. The quantitative estimate of drug-likeness (QED) is 0.860. The van der Waals surface area contributed by atoms with Crippen LogP contribution in [0.2, 0.25) is 0 Å². The topological polar surface area (TPSA) is 12.0 Å². The van der Waals surface area contributed by atoms with Crippen LogP contribution in [0.5, 0.6) is 0 Å². The van der Waals surface area contributed by atoms with Crippen LogP contribution in [0.1, 0.15) is 23.4 Å². The Hall–Kier alpha value is -0.780. The third kappa shape index (κ3) is 3.37. The molecule has 1 atom stereocenters. The monoisotopic (exact) mass is 331 g/mol. The average molecular weight is 332 g/mol. The Morgan fingerprint density at radius 1 is 1.22 bits per heavy atom. The molecule has 1 heterocycles. The first kappa shape index (κ1) is 13.6. The summed E-state index contributed by atoms with van der Waals surface area (Å²) in [6.07, 6.45) is 0. The van der Waals surface area contributed by atoms with E-state index in [2.05, 4.69) is 21.2 Å². The Morgan fingerprint density at radius 2 is 2.00 bits per heavy atom. The van der Waals surface area contributed by atoms with E-state index in [4.69, 9.17) is 0 Å². The van der Waals surface area contributed by atoms with Gasteiger partial charge in [0.25, 0.3) is 0 Å². The van der Waals surface area contributed by atoms with Gasteiger partial charge in [-0.05, 0) is 52.7 Å². The molecule has 1 nitrogen and oxygen atoms in total. The van der Waals surface area contributed by atoms with Gasteiger partial charge in [-0.2, -0.15) is 0 Å². The Bertz CT molecular complexity index is 542. The number of hydrogen-bond acceptors (Lipinski definition) is 2. The van der Waals surface area contributed by atoms with Crippen molar-refractivity contribution in [3.05, 3.63) is 56.2 Å². The van der Waals surface area contributed by atoms with Gasteiger partial charge in [0.05, 0.1) is 3.79 Å². The Balaban J connectivity index is 1.99. The Labute approximate surface area is 117 Å². The molecule has 0 saturated carbocycles. The highest BCUT2D eigenvalue weighted by Crippen LogP contribution is 2.23. The van der Waals surface area contributed by atoms with Crippen LogP contribution in [-0.4, -0.2) is 0 Å². The van der Waals surface area contributed by atoms with Gasteiger partial charge in [0, 0.05) is 17.5 Å². The first-order valence-corrected chi connectivity index (χ1v) is 7.10. The molecular weight excluding hydrogens is 320 g/mol. The van der Waals surface area contributed by atoms with E-state index < -0.39 is 11.6 Å². The molecule has 0 spiro atoms. The van der Waals surface area contributed by atoms with Crippen LogP contribution in [0, 0.1) is 11.6 Å². The van der Waals surface area contributed by atoms with Gasteiger partial charge in [0.15, 0.2) is 11.6 Å². The molecule has 1 unspecified atom stereocenters. The molecule has 0 aliphatic rings. The van der Waals surface area contributed by atoms with Crippen LogP contribution in [0.3, 0.4) is 0 Å². The van der Waals surface area contributed by atoms with Crippen molar-refractivity contribution in [2.75, 3.05) is 0 Å². The van der Waals surface area contributed by atoms with Crippen molar-refractivity contribution >= 4 is 27.3 Å². The first-order chi connectivity index (χ1) is 8.56. The SMILES string of the molecule is CC(NCc1ccc(Br)s1)c1ccc(F)c(F)c1. The van der Waals surface area contributed by atoms with E-state index in [-0.39, 0.29) is 6.04 Å². The molecule has 2 aromatic rings. The lowest BCUT2D eigenvalue weighted by atomic mass is 10.1. The van der Waals surface area contributed by atoms with Crippen LogP contribution >= 0.6 is 27.3 Å². The second kappa shape index (κ2) is 5.91. The smallest absolute Gasteiger partial charge is 0.159 e. The minimum Gasteiger partial charge on any atom is -0.305 e. The van der Waals surface area contributed by atoms with Gasteiger partial charge in [-0.3, -0.25) is 0 Å². The van der Waals surface area contributed by atoms with Crippen molar-refractivity contribution < 1.29 is 8.78 Å². The highest BCUT2D eigenvalue weighted by molar-refractivity contribution is 9.11. The molecule has 18 heavy (non-hydrogen) atoms. The number of hydrogen-bond donors (Lipinski definition) is 1. The van der Waals surface area contributed by atoms with Crippen molar-refractivity contribution in [1.29, 1.82) is 0 Å². The van der Waals surface area contributed by atoms with E-state index in [0.29, 0.717) is 6.54 Å². The van der Waals surface area contributed by atoms with Crippen molar-refractivity contribution in [2.24, 2.45) is 0 Å². The number of benzene rings is 1. The Morgan fingerprint density at radius 3 is 2.61 bits per heavy atom. The molecule has 1 aromatic carbocycles. The lowest BCUT2D eigenvalue weighted by molar-refractivity contribution is 0.501. The van der Waals surface area contributed by atoms with Crippen LogP contribution < -0.4 is 5.32 Å². The molecule has 5 heteroatoms. The molecule has 0 amide bonds. The molecular formula is C13H12BrF2NS. The van der Waals surface area contributed by atoms with E-state index in [0.717, 1.165) is 15.4 Å². The summed E-state index contributed by atoms with van der Waals surface area (Å²) in [7, 11) is 0. The first-order valence-electron chi connectivity index (χ1n) is 5.49. The fourth-order valence-corrected chi connectivity index (χ4v) is 3.03. The molecule has 0 aliphatic heterocycles. The zero-order valence-corrected chi connectivity index (χ0v) is 12.1. The molecule has 0 aliphatic carbocycles. The summed E-state index contributed by atoms with van der Waals surface area (Å²) in [5.41, 5.74) is 0.740. The number of nitrogens with one attached hydrogen (secondary N) is 1. The maximum Gasteiger partial charge on any atom is 0.159 e. The fourth-order valence-electron chi connectivity index (χ4n) is 1.60. The Kier molecular flexibility index (Phi) is 4.48. The largest absolute Gasteiger partial charge is 0.305 e. The molecule has 96 valence electrons. The summed E-state index contributed by atoms with van der Waals surface area (Å²) >= 11 is 5.05. The molecule has 1 N–H and O–H groups in total. The summed E-state index contributed by atoms with van der Waals surface area (Å²) in [5, 5.41) is 3.28. The van der Waals surface area contributed by atoms with Gasteiger partial charge in [0.2, 0.25) is 0 Å².